The largest absolute Gasteiger partial charge is 0.490 e. The van der Waals surface area contributed by atoms with E-state index < -0.39 is 23.8 Å². The average Bonchev–Trinajstić information content (AvgIpc) is 2.61. The summed E-state index contributed by atoms with van der Waals surface area (Å²) >= 11 is 0. The molecule has 0 saturated carbocycles. The Hall–Kier alpha value is -2.70. The van der Waals surface area contributed by atoms with Gasteiger partial charge >= 0.3 is 12.1 Å². The van der Waals surface area contributed by atoms with Crippen molar-refractivity contribution in [2.24, 2.45) is 5.92 Å². The number of rotatable bonds is 7. The Morgan fingerprint density at radius 1 is 0.821 bits per heavy atom. The first kappa shape index (κ1) is 21.6. The summed E-state index contributed by atoms with van der Waals surface area (Å²) in [7, 11) is 0. The van der Waals surface area contributed by atoms with Crippen molar-refractivity contribution in [2.75, 3.05) is 0 Å². The van der Waals surface area contributed by atoms with Crippen molar-refractivity contribution in [3.8, 4) is 17.2 Å². The van der Waals surface area contributed by atoms with Gasteiger partial charge in [-0.25, -0.2) is 0 Å². The lowest BCUT2D eigenvalue weighted by atomic mass is 10.1. The fraction of sp³-hybridized carbons (Fsp3) is 0.381. The SMILES string of the molecule is CC(C)OC(=O)C(C)C(C)Oc1ccc(Oc2ccc(C(F)(F)F)cc2)cc1. The van der Waals surface area contributed by atoms with E-state index >= 15 is 0 Å². The van der Waals surface area contributed by atoms with Gasteiger partial charge in [0, 0.05) is 0 Å². The zero-order valence-corrected chi connectivity index (χ0v) is 16.1. The smallest absolute Gasteiger partial charge is 0.416 e. The topological polar surface area (TPSA) is 44.8 Å². The number of esters is 1. The Kier molecular flexibility index (Phi) is 6.94. The molecular weight excluding hydrogens is 373 g/mol. The van der Waals surface area contributed by atoms with Crippen LogP contribution in [0.15, 0.2) is 48.5 Å². The second kappa shape index (κ2) is 8.99. The molecule has 0 fully saturated rings. The van der Waals surface area contributed by atoms with Crippen molar-refractivity contribution in [1.82, 2.24) is 0 Å². The van der Waals surface area contributed by atoms with Gasteiger partial charge in [-0.3, -0.25) is 4.79 Å². The molecule has 0 aromatic heterocycles. The van der Waals surface area contributed by atoms with E-state index in [4.69, 9.17) is 14.2 Å². The van der Waals surface area contributed by atoms with Gasteiger partial charge in [0.25, 0.3) is 0 Å². The Bertz CT molecular complexity index is 768. The lowest BCUT2D eigenvalue weighted by Crippen LogP contribution is -2.31. The van der Waals surface area contributed by atoms with Crippen molar-refractivity contribution in [1.29, 1.82) is 0 Å². The summed E-state index contributed by atoms with van der Waals surface area (Å²) in [6.45, 7) is 7.08. The molecule has 0 aliphatic rings. The monoisotopic (exact) mass is 396 g/mol. The van der Waals surface area contributed by atoms with Crippen LogP contribution in [0.25, 0.3) is 0 Å². The van der Waals surface area contributed by atoms with Crippen LogP contribution in [0.2, 0.25) is 0 Å². The summed E-state index contributed by atoms with van der Waals surface area (Å²) in [5, 5.41) is 0. The van der Waals surface area contributed by atoms with E-state index in [0.29, 0.717) is 17.2 Å². The first-order valence-corrected chi connectivity index (χ1v) is 8.88. The molecular formula is C21H23F3O4. The van der Waals surface area contributed by atoms with Gasteiger partial charge in [0.2, 0.25) is 0 Å². The van der Waals surface area contributed by atoms with Crippen molar-refractivity contribution >= 4 is 5.97 Å². The van der Waals surface area contributed by atoms with Gasteiger partial charge in [0.05, 0.1) is 17.6 Å². The van der Waals surface area contributed by atoms with E-state index in [0.717, 1.165) is 12.1 Å². The molecule has 0 aliphatic heterocycles. The van der Waals surface area contributed by atoms with Crippen LogP contribution in [0.5, 0.6) is 17.2 Å². The van der Waals surface area contributed by atoms with E-state index in [1.807, 2.05) is 0 Å². The second-order valence-corrected chi connectivity index (χ2v) is 6.69. The zero-order chi connectivity index (χ0) is 20.9. The molecule has 0 radical (unpaired) electrons. The van der Waals surface area contributed by atoms with Gasteiger partial charge in [-0.05, 0) is 76.2 Å². The molecule has 2 atom stereocenters. The van der Waals surface area contributed by atoms with Crippen LogP contribution in [0, 0.1) is 5.92 Å². The maximum absolute atomic E-state index is 12.6. The molecule has 0 bridgehead atoms. The quantitative estimate of drug-likeness (QED) is 0.551. The van der Waals surface area contributed by atoms with Crippen LogP contribution in [-0.2, 0) is 15.7 Å². The summed E-state index contributed by atoms with van der Waals surface area (Å²) in [4.78, 5) is 11.9. The van der Waals surface area contributed by atoms with Gasteiger partial charge in [0.1, 0.15) is 23.4 Å². The second-order valence-electron chi connectivity index (χ2n) is 6.69. The molecule has 0 amide bonds. The summed E-state index contributed by atoms with van der Waals surface area (Å²) in [6.07, 6.45) is -4.97. The van der Waals surface area contributed by atoms with Crippen molar-refractivity contribution in [3.63, 3.8) is 0 Å². The fourth-order valence-corrected chi connectivity index (χ4v) is 2.28. The average molecular weight is 396 g/mol. The maximum Gasteiger partial charge on any atom is 0.416 e. The predicted octanol–water partition coefficient (Wildman–Crippen LogP) is 5.85. The standard InChI is InChI=1S/C21H23F3O4/c1-13(2)26-20(25)14(3)15(4)27-17-9-11-19(12-10-17)28-18-7-5-16(6-8-18)21(22,23)24/h5-15H,1-4H3. The Morgan fingerprint density at radius 2 is 1.29 bits per heavy atom. The third-order valence-electron chi connectivity index (χ3n) is 3.99. The minimum absolute atomic E-state index is 0.191. The molecule has 2 aromatic carbocycles. The predicted molar refractivity (Wildman–Crippen MR) is 98.4 cm³/mol. The van der Waals surface area contributed by atoms with E-state index in [9.17, 15) is 18.0 Å². The molecule has 0 spiro atoms. The highest BCUT2D eigenvalue weighted by Gasteiger charge is 2.30. The lowest BCUT2D eigenvalue weighted by molar-refractivity contribution is -0.154. The van der Waals surface area contributed by atoms with E-state index in [2.05, 4.69) is 0 Å². The van der Waals surface area contributed by atoms with Crippen LogP contribution in [0.4, 0.5) is 13.2 Å². The highest BCUT2D eigenvalue weighted by atomic mass is 19.4. The van der Waals surface area contributed by atoms with Gasteiger partial charge in [-0.1, -0.05) is 0 Å². The Morgan fingerprint density at radius 3 is 1.75 bits per heavy atom. The Balaban J connectivity index is 1.95. The van der Waals surface area contributed by atoms with Crippen LogP contribution >= 0.6 is 0 Å². The maximum atomic E-state index is 12.6. The first-order chi connectivity index (χ1) is 13.1. The van der Waals surface area contributed by atoms with Gasteiger partial charge in [0.15, 0.2) is 0 Å². The van der Waals surface area contributed by atoms with Gasteiger partial charge < -0.3 is 14.2 Å². The Labute approximate surface area is 162 Å². The van der Waals surface area contributed by atoms with Crippen molar-refractivity contribution in [2.45, 2.75) is 46.1 Å². The third kappa shape index (κ3) is 6.18. The minimum atomic E-state index is -4.38. The number of alkyl halides is 3. The number of halogens is 3. The number of carbonyl (C=O) groups is 1. The molecule has 28 heavy (non-hydrogen) atoms. The number of hydrogen-bond acceptors (Lipinski definition) is 4. The summed E-state index contributed by atoms with van der Waals surface area (Å²) < 4.78 is 54.2. The highest BCUT2D eigenvalue weighted by molar-refractivity contribution is 5.72. The van der Waals surface area contributed by atoms with Gasteiger partial charge in [-0.2, -0.15) is 13.2 Å². The lowest BCUT2D eigenvalue weighted by Gasteiger charge is -2.21. The summed E-state index contributed by atoms with van der Waals surface area (Å²) in [5.74, 6) is 0.513. The molecule has 7 heteroatoms. The van der Waals surface area contributed by atoms with Gasteiger partial charge in [-0.15, -0.1) is 0 Å². The van der Waals surface area contributed by atoms with E-state index in [-0.39, 0.29) is 12.1 Å². The number of ether oxygens (including phenoxy) is 3. The van der Waals surface area contributed by atoms with Crippen molar-refractivity contribution < 1.29 is 32.2 Å². The number of hydrogen-bond donors (Lipinski definition) is 0. The molecule has 0 heterocycles. The number of benzene rings is 2. The highest BCUT2D eigenvalue weighted by Crippen LogP contribution is 2.31. The van der Waals surface area contributed by atoms with Crippen LogP contribution in [0.3, 0.4) is 0 Å². The molecule has 152 valence electrons. The van der Waals surface area contributed by atoms with Crippen LogP contribution in [0.1, 0.15) is 33.3 Å². The van der Waals surface area contributed by atoms with Crippen molar-refractivity contribution in [3.05, 3.63) is 54.1 Å². The van der Waals surface area contributed by atoms with E-state index in [1.54, 1.807) is 52.0 Å². The first-order valence-electron chi connectivity index (χ1n) is 8.88. The fourth-order valence-electron chi connectivity index (χ4n) is 2.28. The normalized spacial score (nSPS) is 13.7. The molecule has 2 aromatic rings. The molecule has 0 aliphatic carbocycles. The molecule has 2 unspecified atom stereocenters. The summed E-state index contributed by atoms with van der Waals surface area (Å²) in [6, 6.07) is 11.0. The molecule has 0 saturated heterocycles. The van der Waals surface area contributed by atoms with Crippen LogP contribution in [-0.4, -0.2) is 18.2 Å². The molecule has 0 N–H and O–H groups in total. The number of carbonyl (C=O) groups excluding carboxylic acids is 1. The minimum Gasteiger partial charge on any atom is -0.490 e. The van der Waals surface area contributed by atoms with Crippen LogP contribution < -0.4 is 9.47 Å². The third-order valence-corrected chi connectivity index (χ3v) is 3.99. The molecule has 2 rings (SSSR count). The van der Waals surface area contributed by atoms with E-state index in [1.165, 1.54) is 12.1 Å². The molecule has 4 nitrogen and oxygen atoms in total. The zero-order valence-electron chi connectivity index (χ0n) is 16.1. The summed E-state index contributed by atoms with van der Waals surface area (Å²) in [5.41, 5.74) is -0.734.